The van der Waals surface area contributed by atoms with Crippen LogP contribution in [0.5, 0.6) is 5.75 Å². The van der Waals surface area contributed by atoms with Crippen molar-refractivity contribution in [3.05, 3.63) is 29.6 Å². The number of hydrogen-bond donors (Lipinski definition) is 1. The van der Waals surface area contributed by atoms with Crippen LogP contribution in [0.15, 0.2) is 18.2 Å². The first kappa shape index (κ1) is 13.3. The van der Waals surface area contributed by atoms with Gasteiger partial charge in [0.05, 0.1) is 0 Å². The number of piperidine rings is 1. The topological polar surface area (TPSA) is 23.5 Å². The second kappa shape index (κ2) is 5.27. The lowest BCUT2D eigenvalue weighted by Crippen LogP contribution is -2.43. The third-order valence-corrected chi connectivity index (χ3v) is 4.35. The highest BCUT2D eigenvalue weighted by molar-refractivity contribution is 5.29. The molecule has 2 rings (SSSR count). The zero-order valence-electron chi connectivity index (χ0n) is 11.4. The fourth-order valence-corrected chi connectivity index (χ4v) is 2.95. The predicted molar refractivity (Wildman–Crippen MR) is 71.0 cm³/mol. The second-order valence-corrected chi connectivity index (χ2v) is 5.48. The summed E-state index contributed by atoms with van der Waals surface area (Å²) in [7, 11) is 0. The molecule has 0 saturated carbocycles. The molecule has 0 bridgehead atoms. The van der Waals surface area contributed by atoms with E-state index >= 15 is 0 Å². The first-order valence-electron chi connectivity index (χ1n) is 6.75. The number of benzene rings is 1. The summed E-state index contributed by atoms with van der Waals surface area (Å²) >= 11 is 0. The van der Waals surface area contributed by atoms with Gasteiger partial charge in [-0.3, -0.25) is 4.90 Å². The Bertz CT molecular complexity index is 421. The molecule has 1 aromatic rings. The molecule has 0 spiro atoms. The molecular formula is C15H22FNO. The molecular weight excluding hydrogens is 229 g/mol. The maximum absolute atomic E-state index is 13.9. The zero-order chi connectivity index (χ0) is 13.3. The van der Waals surface area contributed by atoms with E-state index in [2.05, 4.69) is 18.7 Å². The maximum atomic E-state index is 13.9. The van der Waals surface area contributed by atoms with E-state index in [4.69, 9.17) is 0 Å². The Morgan fingerprint density at radius 3 is 2.78 bits per heavy atom. The average molecular weight is 251 g/mol. The molecule has 18 heavy (non-hydrogen) atoms. The van der Waals surface area contributed by atoms with Crippen molar-refractivity contribution in [2.45, 2.75) is 45.7 Å². The Kier molecular flexibility index (Phi) is 3.91. The summed E-state index contributed by atoms with van der Waals surface area (Å²) < 4.78 is 13.9. The molecule has 1 aliphatic heterocycles. The Labute approximate surface area is 108 Å². The number of hydrogen-bond acceptors (Lipinski definition) is 2. The number of phenols is 1. The van der Waals surface area contributed by atoms with Crippen molar-refractivity contribution in [2.24, 2.45) is 5.92 Å². The van der Waals surface area contributed by atoms with Crippen molar-refractivity contribution in [3.63, 3.8) is 0 Å². The standard InChI is InChI=1S/C15H22FNO/c1-10-5-4-8-17(11(10)2)12(3)14-7-6-13(18)9-15(14)16/h6-7,9-12,18H,4-5,8H2,1-3H3. The minimum absolute atomic E-state index is 0.0106. The number of nitrogens with zero attached hydrogens (tertiary/aromatic N) is 1. The van der Waals surface area contributed by atoms with Crippen LogP contribution in [0.3, 0.4) is 0 Å². The van der Waals surface area contributed by atoms with Gasteiger partial charge in [-0.1, -0.05) is 13.0 Å². The molecule has 2 nitrogen and oxygen atoms in total. The molecule has 3 unspecified atom stereocenters. The third-order valence-electron chi connectivity index (χ3n) is 4.35. The smallest absolute Gasteiger partial charge is 0.131 e. The van der Waals surface area contributed by atoms with E-state index in [1.807, 2.05) is 6.92 Å². The lowest BCUT2D eigenvalue weighted by molar-refractivity contribution is 0.0738. The van der Waals surface area contributed by atoms with Gasteiger partial charge in [0, 0.05) is 23.7 Å². The lowest BCUT2D eigenvalue weighted by atomic mass is 9.89. The van der Waals surface area contributed by atoms with Crippen LogP contribution in [-0.4, -0.2) is 22.6 Å². The second-order valence-electron chi connectivity index (χ2n) is 5.48. The first-order chi connectivity index (χ1) is 8.50. The van der Waals surface area contributed by atoms with E-state index in [9.17, 15) is 9.50 Å². The maximum Gasteiger partial charge on any atom is 0.131 e. The van der Waals surface area contributed by atoms with Crippen LogP contribution in [-0.2, 0) is 0 Å². The van der Waals surface area contributed by atoms with Gasteiger partial charge in [-0.25, -0.2) is 4.39 Å². The molecule has 1 N–H and O–H groups in total. The van der Waals surface area contributed by atoms with Crippen LogP contribution in [0.2, 0.25) is 0 Å². The van der Waals surface area contributed by atoms with Crippen LogP contribution in [0.1, 0.15) is 45.2 Å². The molecule has 1 aliphatic rings. The highest BCUT2D eigenvalue weighted by Crippen LogP contribution is 2.32. The van der Waals surface area contributed by atoms with Crippen LogP contribution >= 0.6 is 0 Å². The number of likely N-dealkylation sites (tertiary alicyclic amines) is 1. The number of aromatic hydroxyl groups is 1. The first-order valence-corrected chi connectivity index (χ1v) is 6.75. The normalized spacial score (nSPS) is 27.1. The van der Waals surface area contributed by atoms with E-state index in [0.717, 1.165) is 6.54 Å². The summed E-state index contributed by atoms with van der Waals surface area (Å²) in [6.07, 6.45) is 2.43. The minimum atomic E-state index is -0.312. The minimum Gasteiger partial charge on any atom is -0.508 e. The molecule has 0 amide bonds. The van der Waals surface area contributed by atoms with Gasteiger partial charge < -0.3 is 5.11 Å². The van der Waals surface area contributed by atoms with Gasteiger partial charge in [-0.15, -0.1) is 0 Å². The van der Waals surface area contributed by atoms with Crippen molar-refractivity contribution in [2.75, 3.05) is 6.54 Å². The van der Waals surface area contributed by atoms with Crippen molar-refractivity contribution in [1.29, 1.82) is 0 Å². The summed E-state index contributed by atoms with van der Waals surface area (Å²) in [6.45, 7) is 7.55. The zero-order valence-corrected chi connectivity index (χ0v) is 11.4. The molecule has 0 radical (unpaired) electrons. The summed E-state index contributed by atoms with van der Waals surface area (Å²) in [5.41, 5.74) is 0.675. The molecule has 0 aromatic heterocycles. The van der Waals surface area contributed by atoms with E-state index in [1.54, 1.807) is 12.1 Å². The fraction of sp³-hybridized carbons (Fsp3) is 0.600. The van der Waals surface area contributed by atoms with Gasteiger partial charge >= 0.3 is 0 Å². The van der Waals surface area contributed by atoms with Gasteiger partial charge in [0.25, 0.3) is 0 Å². The van der Waals surface area contributed by atoms with Crippen molar-refractivity contribution in [3.8, 4) is 5.75 Å². The summed E-state index contributed by atoms with van der Waals surface area (Å²) in [5.74, 6) is 0.331. The van der Waals surface area contributed by atoms with Crippen LogP contribution in [0.4, 0.5) is 4.39 Å². The van der Waals surface area contributed by atoms with E-state index in [0.29, 0.717) is 17.5 Å². The SMILES string of the molecule is CC1CCCN(C(C)c2ccc(O)cc2F)C1C. The predicted octanol–water partition coefficient (Wildman–Crippen LogP) is 3.71. The van der Waals surface area contributed by atoms with E-state index < -0.39 is 0 Å². The largest absolute Gasteiger partial charge is 0.508 e. The Morgan fingerprint density at radius 1 is 1.39 bits per heavy atom. The average Bonchev–Trinajstić information content (AvgIpc) is 2.32. The van der Waals surface area contributed by atoms with Gasteiger partial charge in [0.15, 0.2) is 0 Å². The Hall–Kier alpha value is -1.09. The molecule has 1 saturated heterocycles. The molecule has 1 aromatic carbocycles. The fourth-order valence-electron chi connectivity index (χ4n) is 2.95. The third kappa shape index (κ3) is 2.51. The van der Waals surface area contributed by atoms with Crippen molar-refractivity contribution in [1.82, 2.24) is 4.90 Å². The highest BCUT2D eigenvalue weighted by Gasteiger charge is 2.29. The van der Waals surface area contributed by atoms with Crippen molar-refractivity contribution < 1.29 is 9.50 Å². The summed E-state index contributed by atoms with van der Waals surface area (Å²) in [6, 6.07) is 4.99. The monoisotopic (exact) mass is 251 g/mol. The van der Waals surface area contributed by atoms with Crippen molar-refractivity contribution >= 4 is 0 Å². The molecule has 1 heterocycles. The highest BCUT2D eigenvalue weighted by atomic mass is 19.1. The molecule has 3 heteroatoms. The number of phenolic OH excluding ortho intramolecular Hbond substituents is 1. The van der Waals surface area contributed by atoms with E-state index in [-0.39, 0.29) is 17.6 Å². The number of rotatable bonds is 2. The summed E-state index contributed by atoms with van der Waals surface area (Å²) in [5, 5.41) is 9.27. The number of halogens is 1. The molecule has 1 fully saturated rings. The van der Waals surface area contributed by atoms with Crippen LogP contribution in [0.25, 0.3) is 0 Å². The molecule has 0 aliphatic carbocycles. The Morgan fingerprint density at radius 2 is 2.11 bits per heavy atom. The van der Waals surface area contributed by atoms with Gasteiger partial charge in [-0.05, 0) is 45.2 Å². The lowest BCUT2D eigenvalue weighted by Gasteiger charge is -2.42. The van der Waals surface area contributed by atoms with E-state index in [1.165, 1.54) is 18.9 Å². The Balaban J connectivity index is 2.22. The van der Waals surface area contributed by atoms with Gasteiger partial charge in [0.1, 0.15) is 11.6 Å². The quantitative estimate of drug-likeness (QED) is 0.866. The summed E-state index contributed by atoms with van der Waals surface area (Å²) in [4.78, 5) is 2.36. The van der Waals surface area contributed by atoms with Crippen LogP contribution < -0.4 is 0 Å². The molecule has 100 valence electrons. The molecule has 3 atom stereocenters. The van der Waals surface area contributed by atoms with Crippen LogP contribution in [0, 0.1) is 11.7 Å². The van der Waals surface area contributed by atoms with Gasteiger partial charge in [-0.2, -0.15) is 0 Å². The van der Waals surface area contributed by atoms with Gasteiger partial charge in [0.2, 0.25) is 0 Å².